The summed E-state index contributed by atoms with van der Waals surface area (Å²) in [6.45, 7) is 0.841. The van der Waals surface area contributed by atoms with Crippen molar-refractivity contribution in [2.75, 3.05) is 19.4 Å². The molecule has 116 valence electrons. The summed E-state index contributed by atoms with van der Waals surface area (Å²) in [5.41, 5.74) is 1.16. The van der Waals surface area contributed by atoms with E-state index in [1.165, 1.54) is 0 Å². The predicted molar refractivity (Wildman–Crippen MR) is 85.1 cm³/mol. The molecule has 1 aliphatic carbocycles. The predicted octanol–water partition coefficient (Wildman–Crippen LogP) is 2.77. The van der Waals surface area contributed by atoms with Crippen molar-refractivity contribution in [3.8, 4) is 0 Å². The van der Waals surface area contributed by atoms with Crippen LogP contribution in [0.25, 0.3) is 0 Å². The van der Waals surface area contributed by atoms with Gasteiger partial charge in [0.2, 0.25) is 5.91 Å². The highest BCUT2D eigenvalue weighted by atomic mass is 16.3. The van der Waals surface area contributed by atoms with Crippen LogP contribution in [0.2, 0.25) is 0 Å². The minimum absolute atomic E-state index is 0.0959. The fourth-order valence-corrected chi connectivity index (χ4v) is 3.00. The Bertz CT molecular complexity index is 479. The van der Waals surface area contributed by atoms with Crippen LogP contribution in [0.3, 0.4) is 0 Å². The summed E-state index contributed by atoms with van der Waals surface area (Å²) in [7, 11) is 4.04. The van der Waals surface area contributed by atoms with E-state index in [0.29, 0.717) is 0 Å². The summed E-state index contributed by atoms with van der Waals surface area (Å²) in [6.07, 6.45) is 4.87. The van der Waals surface area contributed by atoms with Crippen molar-refractivity contribution in [3.63, 3.8) is 0 Å². The molecule has 1 aromatic rings. The summed E-state index contributed by atoms with van der Waals surface area (Å²) in [5, 5.41) is 13.3. The van der Waals surface area contributed by atoms with Gasteiger partial charge in [-0.05, 0) is 44.6 Å². The molecule has 0 aromatic heterocycles. The molecule has 4 heteroatoms. The van der Waals surface area contributed by atoms with Crippen LogP contribution in [0.1, 0.15) is 44.1 Å². The van der Waals surface area contributed by atoms with Gasteiger partial charge in [0, 0.05) is 12.2 Å². The maximum atomic E-state index is 12.1. The number of nitrogens with zero attached hydrogens (tertiary/aromatic N) is 1. The Morgan fingerprint density at radius 1 is 1.29 bits per heavy atom. The van der Waals surface area contributed by atoms with E-state index < -0.39 is 5.60 Å². The van der Waals surface area contributed by atoms with E-state index in [4.69, 9.17) is 0 Å². The molecular weight excluding hydrogens is 264 g/mol. The van der Waals surface area contributed by atoms with Gasteiger partial charge in [-0.15, -0.1) is 0 Å². The lowest BCUT2D eigenvalue weighted by Gasteiger charge is -2.31. The zero-order valence-corrected chi connectivity index (χ0v) is 13.1. The minimum atomic E-state index is -0.802. The summed E-state index contributed by atoms with van der Waals surface area (Å²) >= 11 is 0. The first-order valence-corrected chi connectivity index (χ1v) is 7.73. The molecule has 0 radical (unpaired) electrons. The second-order valence-electron chi connectivity index (χ2n) is 6.45. The first kappa shape index (κ1) is 16.0. The van der Waals surface area contributed by atoms with Crippen molar-refractivity contribution in [2.24, 2.45) is 0 Å². The standard InChI is InChI=1S/C17H26N2O2/c1-19(2)13-14-7-6-8-15(11-14)18-16(20)12-17(21)9-4-3-5-10-17/h6-8,11,21H,3-5,9-10,12-13H2,1-2H3,(H,18,20). The van der Waals surface area contributed by atoms with Crippen molar-refractivity contribution in [2.45, 2.75) is 50.7 Å². The van der Waals surface area contributed by atoms with Gasteiger partial charge in [0.1, 0.15) is 0 Å². The SMILES string of the molecule is CN(C)Cc1cccc(NC(=O)CC2(O)CCCCC2)c1. The van der Waals surface area contributed by atoms with Gasteiger partial charge in [-0.2, -0.15) is 0 Å². The fraction of sp³-hybridized carbons (Fsp3) is 0.588. The van der Waals surface area contributed by atoms with Gasteiger partial charge in [0.25, 0.3) is 0 Å². The quantitative estimate of drug-likeness (QED) is 0.876. The highest BCUT2D eigenvalue weighted by molar-refractivity contribution is 5.91. The Hall–Kier alpha value is -1.39. The number of carbonyl (C=O) groups excluding carboxylic acids is 1. The van der Waals surface area contributed by atoms with Gasteiger partial charge >= 0.3 is 0 Å². The zero-order chi connectivity index (χ0) is 15.3. The van der Waals surface area contributed by atoms with Crippen LogP contribution in [0.4, 0.5) is 5.69 Å². The molecule has 0 atom stereocenters. The maximum absolute atomic E-state index is 12.1. The smallest absolute Gasteiger partial charge is 0.227 e. The molecule has 0 saturated heterocycles. The Morgan fingerprint density at radius 2 is 2.00 bits per heavy atom. The summed E-state index contributed by atoms with van der Waals surface area (Å²) < 4.78 is 0. The first-order valence-electron chi connectivity index (χ1n) is 7.73. The van der Waals surface area contributed by atoms with Crippen molar-refractivity contribution in [3.05, 3.63) is 29.8 Å². The number of anilines is 1. The lowest BCUT2D eigenvalue weighted by Crippen LogP contribution is -2.35. The van der Waals surface area contributed by atoms with E-state index in [9.17, 15) is 9.90 Å². The minimum Gasteiger partial charge on any atom is -0.389 e. The van der Waals surface area contributed by atoms with Crippen LogP contribution < -0.4 is 5.32 Å². The molecule has 1 saturated carbocycles. The Morgan fingerprint density at radius 3 is 2.67 bits per heavy atom. The molecule has 1 aliphatic rings. The third kappa shape index (κ3) is 5.14. The van der Waals surface area contributed by atoms with Crippen LogP contribution in [0.15, 0.2) is 24.3 Å². The van der Waals surface area contributed by atoms with E-state index in [2.05, 4.69) is 10.2 Å². The average Bonchev–Trinajstić information content (AvgIpc) is 2.38. The Kier molecular flexibility index (Phi) is 5.37. The summed E-state index contributed by atoms with van der Waals surface area (Å²) in [5.74, 6) is -0.0959. The normalized spacial score (nSPS) is 17.7. The second-order valence-corrected chi connectivity index (χ2v) is 6.45. The molecule has 0 unspecified atom stereocenters. The highest BCUT2D eigenvalue weighted by Gasteiger charge is 2.31. The number of carbonyl (C=O) groups is 1. The number of amides is 1. The largest absolute Gasteiger partial charge is 0.389 e. The number of hydrogen-bond acceptors (Lipinski definition) is 3. The topological polar surface area (TPSA) is 52.6 Å². The van der Waals surface area contributed by atoms with Gasteiger partial charge in [-0.25, -0.2) is 0 Å². The zero-order valence-electron chi connectivity index (χ0n) is 13.1. The van der Waals surface area contributed by atoms with E-state index in [0.717, 1.165) is 49.9 Å². The van der Waals surface area contributed by atoms with Crippen molar-refractivity contribution >= 4 is 11.6 Å². The molecule has 1 amide bonds. The van der Waals surface area contributed by atoms with E-state index in [1.54, 1.807) is 0 Å². The van der Waals surface area contributed by atoms with Crippen LogP contribution in [0.5, 0.6) is 0 Å². The van der Waals surface area contributed by atoms with Gasteiger partial charge in [0.15, 0.2) is 0 Å². The Balaban J connectivity index is 1.93. The van der Waals surface area contributed by atoms with E-state index >= 15 is 0 Å². The fourth-order valence-electron chi connectivity index (χ4n) is 3.00. The average molecular weight is 290 g/mol. The summed E-state index contributed by atoms with van der Waals surface area (Å²) in [4.78, 5) is 14.2. The molecule has 0 aliphatic heterocycles. The molecule has 1 aromatic carbocycles. The molecule has 2 N–H and O–H groups in total. The third-order valence-electron chi connectivity index (χ3n) is 3.98. The highest BCUT2D eigenvalue weighted by Crippen LogP contribution is 2.31. The molecule has 0 spiro atoms. The van der Waals surface area contributed by atoms with Crippen LogP contribution in [-0.2, 0) is 11.3 Å². The maximum Gasteiger partial charge on any atom is 0.227 e. The molecule has 4 nitrogen and oxygen atoms in total. The molecule has 2 rings (SSSR count). The van der Waals surface area contributed by atoms with Gasteiger partial charge in [0.05, 0.1) is 12.0 Å². The van der Waals surface area contributed by atoms with Gasteiger partial charge in [-0.1, -0.05) is 31.4 Å². The van der Waals surface area contributed by atoms with Gasteiger partial charge in [-0.3, -0.25) is 4.79 Å². The van der Waals surface area contributed by atoms with Crippen molar-refractivity contribution in [1.29, 1.82) is 0 Å². The number of nitrogens with one attached hydrogen (secondary N) is 1. The lowest BCUT2D eigenvalue weighted by atomic mass is 9.82. The summed E-state index contributed by atoms with van der Waals surface area (Å²) in [6, 6.07) is 7.87. The molecular formula is C17H26N2O2. The van der Waals surface area contributed by atoms with Crippen LogP contribution in [-0.4, -0.2) is 35.6 Å². The first-order chi connectivity index (χ1) is 9.97. The Labute approximate surface area is 127 Å². The van der Waals surface area contributed by atoms with E-state index in [1.807, 2.05) is 38.4 Å². The second kappa shape index (κ2) is 7.05. The number of benzene rings is 1. The number of aliphatic hydroxyl groups is 1. The number of rotatable bonds is 5. The van der Waals surface area contributed by atoms with Crippen LogP contribution in [0, 0.1) is 0 Å². The molecule has 21 heavy (non-hydrogen) atoms. The third-order valence-corrected chi connectivity index (χ3v) is 3.98. The van der Waals surface area contributed by atoms with Crippen molar-refractivity contribution in [1.82, 2.24) is 4.90 Å². The van der Waals surface area contributed by atoms with E-state index in [-0.39, 0.29) is 12.3 Å². The van der Waals surface area contributed by atoms with Crippen molar-refractivity contribution < 1.29 is 9.90 Å². The molecule has 0 bridgehead atoms. The lowest BCUT2D eigenvalue weighted by molar-refractivity contribution is -0.122. The number of hydrogen-bond donors (Lipinski definition) is 2. The van der Waals surface area contributed by atoms with Gasteiger partial charge < -0.3 is 15.3 Å². The van der Waals surface area contributed by atoms with Crippen LogP contribution >= 0.6 is 0 Å². The molecule has 0 heterocycles. The monoisotopic (exact) mass is 290 g/mol. The molecule has 1 fully saturated rings.